The first-order valence-electron chi connectivity index (χ1n) is 19.4. The minimum Gasteiger partial charge on any atom is -0.355 e. The molecule has 276 valence electrons. The molecule has 0 atom stereocenters. The van der Waals surface area contributed by atoms with Gasteiger partial charge in [-0.2, -0.15) is 0 Å². The van der Waals surface area contributed by atoms with Crippen molar-refractivity contribution in [3.8, 4) is 11.3 Å². The van der Waals surface area contributed by atoms with Gasteiger partial charge in [0.2, 0.25) is 0 Å². The van der Waals surface area contributed by atoms with Gasteiger partial charge in [-0.1, -0.05) is 124 Å². The van der Waals surface area contributed by atoms with Crippen molar-refractivity contribution < 1.29 is 0 Å². The minimum absolute atomic E-state index is 0.808. The quantitative estimate of drug-likeness (QED) is 0.167. The number of para-hydroxylation sites is 2. The lowest BCUT2D eigenvalue weighted by molar-refractivity contribution is 0.970. The molecule has 0 spiro atoms. The molecular weight excluding hydrogens is 669 g/mol. The third kappa shape index (κ3) is 7.59. The fraction of sp³-hybridized carbons (Fsp3) is 0.176. The van der Waals surface area contributed by atoms with Crippen LogP contribution in [0.5, 0.6) is 0 Å². The van der Waals surface area contributed by atoms with E-state index in [9.17, 15) is 0 Å². The Labute approximate surface area is 326 Å². The fourth-order valence-corrected chi connectivity index (χ4v) is 7.71. The first-order valence-corrected chi connectivity index (χ1v) is 19.4. The van der Waals surface area contributed by atoms with Crippen molar-refractivity contribution in [2.45, 2.75) is 60.3 Å². The van der Waals surface area contributed by atoms with E-state index in [1.807, 2.05) is 6.08 Å². The number of aryl methyl sites for hydroxylation is 1. The number of benzene rings is 3. The van der Waals surface area contributed by atoms with Gasteiger partial charge in [0.15, 0.2) is 0 Å². The topological polar surface area (TPSA) is 46.5 Å². The van der Waals surface area contributed by atoms with Crippen LogP contribution < -0.4 is 10.4 Å². The van der Waals surface area contributed by atoms with Crippen molar-refractivity contribution in [1.82, 2.24) is 19.5 Å². The number of aromatic amines is 1. The number of hydrogen-bond donors (Lipinski definition) is 1. The molecule has 1 N–H and O–H groups in total. The van der Waals surface area contributed by atoms with E-state index in [4.69, 9.17) is 9.97 Å². The maximum absolute atomic E-state index is 5.27. The summed E-state index contributed by atoms with van der Waals surface area (Å²) in [7, 11) is 0. The molecule has 2 aliphatic carbocycles. The van der Waals surface area contributed by atoms with Crippen LogP contribution in [0.25, 0.3) is 74.7 Å². The largest absolute Gasteiger partial charge is 0.355 e. The molecular formula is C51H52N4. The monoisotopic (exact) mass is 720 g/mol. The Balaban J connectivity index is 0.000000269. The Hall–Kier alpha value is -6.26. The van der Waals surface area contributed by atoms with Crippen molar-refractivity contribution in [1.29, 1.82) is 0 Å². The lowest BCUT2D eigenvalue weighted by Gasteiger charge is -2.13. The third-order valence-electron chi connectivity index (χ3n) is 10.2. The van der Waals surface area contributed by atoms with Gasteiger partial charge in [0.05, 0.1) is 28.3 Å². The van der Waals surface area contributed by atoms with Crippen LogP contribution in [0.4, 0.5) is 0 Å². The Morgan fingerprint density at radius 3 is 2.36 bits per heavy atom. The molecule has 3 aromatic carbocycles. The zero-order valence-corrected chi connectivity index (χ0v) is 33.0. The smallest absolute Gasteiger partial charge is 0.0976 e. The summed E-state index contributed by atoms with van der Waals surface area (Å²) in [4.78, 5) is 13.9. The normalized spacial score (nSPS) is 15.1. The summed E-state index contributed by atoms with van der Waals surface area (Å²) in [5.74, 6) is 0. The van der Waals surface area contributed by atoms with Gasteiger partial charge in [-0.25, -0.2) is 9.97 Å². The number of rotatable bonds is 7. The predicted molar refractivity (Wildman–Crippen MR) is 241 cm³/mol. The van der Waals surface area contributed by atoms with E-state index in [-0.39, 0.29) is 0 Å². The molecule has 0 bridgehead atoms. The molecule has 2 aliphatic rings. The molecule has 8 rings (SSSR count). The van der Waals surface area contributed by atoms with Crippen molar-refractivity contribution in [3.63, 3.8) is 0 Å². The highest BCUT2D eigenvalue weighted by Crippen LogP contribution is 2.34. The molecule has 55 heavy (non-hydrogen) atoms. The number of fused-ring (bicyclic) bond motifs is 5. The molecule has 0 amide bonds. The number of aromatic nitrogens is 4. The van der Waals surface area contributed by atoms with E-state index in [2.05, 4.69) is 191 Å². The SMILES string of the molecule is C=C.C=Cc1nc2c(nc1/C=C(\C)n1c(CC)c(/C=C\C)c3ccccc31)-c1ccc/c3c1=C2C/C=C\C=C/C\C=3.CC/C=C\c1[nH]c2ccccc2c1C. The van der Waals surface area contributed by atoms with Gasteiger partial charge >= 0.3 is 0 Å². The van der Waals surface area contributed by atoms with Crippen molar-refractivity contribution in [2.75, 3.05) is 0 Å². The zero-order valence-electron chi connectivity index (χ0n) is 33.0. The van der Waals surface area contributed by atoms with Crippen LogP contribution >= 0.6 is 0 Å². The van der Waals surface area contributed by atoms with Crippen molar-refractivity contribution in [2.24, 2.45) is 0 Å². The van der Waals surface area contributed by atoms with Crippen LogP contribution in [0.2, 0.25) is 0 Å². The van der Waals surface area contributed by atoms with Crippen molar-refractivity contribution in [3.05, 3.63) is 173 Å². The molecule has 4 nitrogen and oxygen atoms in total. The standard InChI is InChI=1S/C36H33N3.C13H15N.C2H4/c1-5-16-26-27-19-13-14-22-33(27)39(32(26)7-3)24(4)23-31-30(6-2)37-35-28-20-12-10-8-9-11-17-25-18-15-21-29(34(25)28)36(35)38-31;1-3-4-8-12-10(2)11-7-5-6-9-13(11)14-12;1-2/h5-6,8-10,12-19,21-23H,2,7,11,20H2,1,3-4H3;4-9,14H,3H2,1-2H3;1-2H2/b9-8-,12-10-,16-5-,24-23+,25-17-;8-4-;. The third-order valence-corrected chi connectivity index (χ3v) is 10.2. The molecule has 0 saturated carbocycles. The van der Waals surface area contributed by atoms with Gasteiger partial charge in [-0.15, -0.1) is 13.2 Å². The average molecular weight is 721 g/mol. The summed E-state index contributed by atoms with van der Waals surface area (Å²) < 4.78 is 2.37. The van der Waals surface area contributed by atoms with Gasteiger partial charge in [-0.05, 0) is 98.4 Å². The van der Waals surface area contributed by atoms with Crippen LogP contribution in [-0.2, 0) is 6.42 Å². The Morgan fingerprint density at radius 2 is 1.62 bits per heavy atom. The maximum atomic E-state index is 5.27. The molecule has 0 fully saturated rings. The molecule has 0 radical (unpaired) electrons. The van der Waals surface area contributed by atoms with Gasteiger partial charge < -0.3 is 9.55 Å². The van der Waals surface area contributed by atoms with Gasteiger partial charge in [0.25, 0.3) is 0 Å². The van der Waals surface area contributed by atoms with Crippen LogP contribution in [0, 0.1) is 6.92 Å². The first-order chi connectivity index (χ1) is 27.0. The highest BCUT2D eigenvalue weighted by molar-refractivity contribution is 5.95. The van der Waals surface area contributed by atoms with Crippen LogP contribution in [0.3, 0.4) is 0 Å². The second-order valence-corrected chi connectivity index (χ2v) is 13.5. The lowest BCUT2D eigenvalue weighted by Crippen LogP contribution is -2.26. The summed E-state index contributed by atoms with van der Waals surface area (Å²) in [6, 6.07) is 23.6. The summed E-state index contributed by atoms with van der Waals surface area (Å²) in [6.07, 6.45) is 27.4. The summed E-state index contributed by atoms with van der Waals surface area (Å²) in [5, 5.41) is 5.10. The van der Waals surface area contributed by atoms with E-state index in [0.717, 1.165) is 59.7 Å². The van der Waals surface area contributed by atoms with E-state index >= 15 is 0 Å². The van der Waals surface area contributed by atoms with Gasteiger partial charge in [-0.3, -0.25) is 0 Å². The Kier molecular flexibility index (Phi) is 12.4. The fourth-order valence-electron chi connectivity index (χ4n) is 7.71. The van der Waals surface area contributed by atoms with E-state index in [1.54, 1.807) is 0 Å². The molecule has 4 heteroatoms. The summed E-state index contributed by atoms with van der Waals surface area (Å²) in [5.41, 5.74) is 14.7. The number of nitrogens with zero attached hydrogens (tertiary/aromatic N) is 3. The highest BCUT2D eigenvalue weighted by Gasteiger charge is 2.25. The summed E-state index contributed by atoms with van der Waals surface area (Å²) in [6.45, 7) is 20.9. The van der Waals surface area contributed by atoms with Crippen LogP contribution in [0.1, 0.15) is 86.6 Å². The van der Waals surface area contributed by atoms with Gasteiger partial charge in [0.1, 0.15) is 0 Å². The number of hydrogen-bond acceptors (Lipinski definition) is 2. The summed E-state index contributed by atoms with van der Waals surface area (Å²) >= 11 is 0. The lowest BCUT2D eigenvalue weighted by atomic mass is 10.1. The molecule has 0 aliphatic heterocycles. The van der Waals surface area contributed by atoms with E-state index in [1.165, 1.54) is 60.3 Å². The molecule has 3 heterocycles. The molecule has 0 saturated heterocycles. The van der Waals surface area contributed by atoms with Crippen LogP contribution in [-0.4, -0.2) is 19.5 Å². The number of allylic oxidation sites excluding steroid dienone is 7. The second-order valence-electron chi connectivity index (χ2n) is 13.5. The van der Waals surface area contributed by atoms with Crippen molar-refractivity contribution >= 4 is 63.5 Å². The first kappa shape index (κ1) is 38.5. The highest BCUT2D eigenvalue weighted by atomic mass is 15.0. The minimum atomic E-state index is 0.808. The number of H-pyrrole nitrogens is 1. The van der Waals surface area contributed by atoms with Crippen LogP contribution in [0.15, 0.2) is 123 Å². The Bertz CT molecular complexity index is 2650. The predicted octanol–water partition coefficient (Wildman–Crippen LogP) is 12.3. The maximum Gasteiger partial charge on any atom is 0.0976 e. The molecule has 0 unspecified atom stereocenters. The Morgan fingerprint density at radius 1 is 0.873 bits per heavy atom. The van der Waals surface area contributed by atoms with E-state index in [0.29, 0.717) is 0 Å². The zero-order chi connectivity index (χ0) is 38.9. The molecule has 3 aromatic heterocycles. The second kappa shape index (κ2) is 17.7. The van der Waals surface area contributed by atoms with Gasteiger partial charge in [0, 0.05) is 44.5 Å². The average Bonchev–Trinajstić information content (AvgIpc) is 3.84. The number of nitrogens with one attached hydrogen (secondary N) is 1. The molecule has 6 aromatic rings. The van der Waals surface area contributed by atoms with E-state index < -0.39 is 0 Å².